The Morgan fingerprint density at radius 3 is 2.68 bits per heavy atom. The molecule has 5 nitrogen and oxygen atoms in total. The second kappa shape index (κ2) is 5.71. The summed E-state index contributed by atoms with van der Waals surface area (Å²) in [5, 5.41) is 12.5. The molecule has 0 aliphatic carbocycles. The van der Waals surface area contributed by atoms with Crippen LogP contribution in [0.15, 0.2) is 24.3 Å². The summed E-state index contributed by atoms with van der Waals surface area (Å²) in [6.07, 6.45) is -0.390. The van der Waals surface area contributed by atoms with Crippen molar-refractivity contribution in [1.29, 1.82) is 0 Å². The van der Waals surface area contributed by atoms with E-state index in [2.05, 4.69) is 10.3 Å². The number of thiazole rings is 1. The fourth-order valence-corrected chi connectivity index (χ4v) is 2.65. The normalized spacial score (nSPS) is 10.2. The molecule has 1 heterocycles. The van der Waals surface area contributed by atoms with Crippen LogP contribution in [0.4, 0.5) is 9.80 Å². The van der Waals surface area contributed by atoms with Crippen molar-refractivity contribution in [2.45, 2.75) is 13.3 Å². The quantitative estimate of drug-likeness (QED) is 0.901. The molecule has 0 unspecified atom stereocenters. The molecule has 100 valence electrons. The Kier molecular flexibility index (Phi) is 4.01. The zero-order chi connectivity index (χ0) is 13.8. The standard InChI is InChI=1S/C13H14N2O3S/c1-8-12(15-13(16)17)19-11(14-8)7-9-3-5-10(18-2)6-4-9/h3-6,15H,7H2,1-2H3,(H,16,17). The van der Waals surface area contributed by atoms with Crippen molar-refractivity contribution in [1.82, 2.24) is 4.98 Å². The van der Waals surface area contributed by atoms with Crippen molar-refractivity contribution in [3.8, 4) is 5.75 Å². The van der Waals surface area contributed by atoms with Gasteiger partial charge < -0.3 is 9.84 Å². The Morgan fingerprint density at radius 1 is 1.42 bits per heavy atom. The minimum absolute atomic E-state index is 0.580. The Morgan fingerprint density at radius 2 is 2.11 bits per heavy atom. The summed E-state index contributed by atoms with van der Waals surface area (Å²) in [6.45, 7) is 1.79. The molecule has 1 amide bonds. The average Bonchev–Trinajstić information content (AvgIpc) is 2.70. The van der Waals surface area contributed by atoms with Crippen molar-refractivity contribution in [2.75, 3.05) is 12.4 Å². The number of hydrogen-bond acceptors (Lipinski definition) is 4. The molecule has 2 aromatic rings. The van der Waals surface area contributed by atoms with Gasteiger partial charge in [0.15, 0.2) is 0 Å². The number of amides is 1. The van der Waals surface area contributed by atoms with Gasteiger partial charge in [0.2, 0.25) is 0 Å². The molecule has 0 aliphatic rings. The predicted octanol–water partition coefficient (Wildman–Crippen LogP) is 3.14. The van der Waals surface area contributed by atoms with Gasteiger partial charge >= 0.3 is 6.09 Å². The highest BCUT2D eigenvalue weighted by Gasteiger charge is 2.10. The van der Waals surface area contributed by atoms with Gasteiger partial charge in [-0.2, -0.15) is 0 Å². The Hall–Kier alpha value is -2.08. The summed E-state index contributed by atoms with van der Waals surface area (Å²) in [7, 11) is 1.63. The Balaban J connectivity index is 2.12. The number of rotatable bonds is 4. The zero-order valence-electron chi connectivity index (χ0n) is 10.6. The van der Waals surface area contributed by atoms with Crippen LogP contribution in [0.25, 0.3) is 0 Å². The van der Waals surface area contributed by atoms with E-state index < -0.39 is 6.09 Å². The molecule has 0 fully saturated rings. The number of nitrogens with one attached hydrogen (secondary N) is 1. The molecule has 0 radical (unpaired) electrons. The highest BCUT2D eigenvalue weighted by molar-refractivity contribution is 7.16. The minimum atomic E-state index is -1.07. The van der Waals surface area contributed by atoms with E-state index in [1.165, 1.54) is 11.3 Å². The zero-order valence-corrected chi connectivity index (χ0v) is 11.5. The summed E-state index contributed by atoms with van der Waals surface area (Å²) in [5.74, 6) is 0.812. The first-order valence-corrected chi connectivity index (χ1v) is 6.49. The van der Waals surface area contributed by atoms with E-state index in [4.69, 9.17) is 9.84 Å². The second-order valence-corrected chi connectivity index (χ2v) is 5.06. The molecular weight excluding hydrogens is 264 g/mol. The number of aromatic nitrogens is 1. The topological polar surface area (TPSA) is 71.5 Å². The van der Waals surface area contributed by atoms with Gasteiger partial charge in [-0.3, -0.25) is 5.32 Å². The van der Waals surface area contributed by atoms with E-state index in [0.29, 0.717) is 17.1 Å². The Labute approximate surface area is 114 Å². The fourth-order valence-electron chi connectivity index (χ4n) is 1.66. The third-order valence-corrected chi connectivity index (χ3v) is 3.65. The van der Waals surface area contributed by atoms with Crippen molar-refractivity contribution in [3.05, 3.63) is 40.5 Å². The van der Waals surface area contributed by atoms with E-state index in [0.717, 1.165) is 16.3 Å². The van der Waals surface area contributed by atoms with E-state index in [1.807, 2.05) is 24.3 Å². The van der Waals surface area contributed by atoms with E-state index >= 15 is 0 Å². The lowest BCUT2D eigenvalue weighted by Crippen LogP contribution is -2.06. The second-order valence-electron chi connectivity index (χ2n) is 3.98. The fraction of sp³-hybridized carbons (Fsp3) is 0.231. The Bertz CT molecular complexity index is 578. The number of anilines is 1. The van der Waals surface area contributed by atoms with Gasteiger partial charge in [-0.05, 0) is 24.6 Å². The van der Waals surface area contributed by atoms with Crippen molar-refractivity contribution in [3.63, 3.8) is 0 Å². The van der Waals surface area contributed by atoms with Crippen LogP contribution in [0.2, 0.25) is 0 Å². The number of nitrogens with zero attached hydrogens (tertiary/aromatic N) is 1. The molecule has 2 N–H and O–H groups in total. The van der Waals surface area contributed by atoms with Crippen LogP contribution in [-0.2, 0) is 6.42 Å². The first kappa shape index (κ1) is 13.4. The van der Waals surface area contributed by atoms with Crippen molar-refractivity contribution in [2.24, 2.45) is 0 Å². The van der Waals surface area contributed by atoms with Crippen LogP contribution in [-0.4, -0.2) is 23.3 Å². The van der Waals surface area contributed by atoms with Crippen LogP contribution in [0.3, 0.4) is 0 Å². The van der Waals surface area contributed by atoms with Gasteiger partial charge in [0, 0.05) is 6.42 Å². The summed E-state index contributed by atoms with van der Waals surface area (Å²) in [5.41, 5.74) is 1.81. The number of carbonyl (C=O) groups is 1. The lowest BCUT2D eigenvalue weighted by Gasteiger charge is -2.01. The molecule has 19 heavy (non-hydrogen) atoms. The molecule has 2 rings (SSSR count). The minimum Gasteiger partial charge on any atom is -0.497 e. The molecule has 0 saturated heterocycles. The molecule has 0 spiro atoms. The third-order valence-electron chi connectivity index (χ3n) is 2.58. The van der Waals surface area contributed by atoms with Crippen molar-refractivity contribution >= 4 is 22.4 Å². The lowest BCUT2D eigenvalue weighted by molar-refractivity contribution is 0.210. The van der Waals surface area contributed by atoms with E-state index in [-0.39, 0.29) is 0 Å². The lowest BCUT2D eigenvalue weighted by atomic mass is 10.1. The summed E-state index contributed by atoms with van der Waals surface area (Å²) < 4.78 is 5.10. The van der Waals surface area contributed by atoms with Gasteiger partial charge in [0.05, 0.1) is 17.8 Å². The van der Waals surface area contributed by atoms with Gasteiger partial charge in [0.1, 0.15) is 10.8 Å². The van der Waals surface area contributed by atoms with Crippen LogP contribution >= 0.6 is 11.3 Å². The van der Waals surface area contributed by atoms with E-state index in [9.17, 15) is 4.79 Å². The third kappa shape index (κ3) is 3.45. The van der Waals surface area contributed by atoms with Crippen LogP contribution in [0.5, 0.6) is 5.75 Å². The van der Waals surface area contributed by atoms with Crippen LogP contribution in [0.1, 0.15) is 16.3 Å². The monoisotopic (exact) mass is 278 g/mol. The van der Waals surface area contributed by atoms with Crippen LogP contribution < -0.4 is 10.1 Å². The van der Waals surface area contributed by atoms with E-state index in [1.54, 1.807) is 14.0 Å². The van der Waals surface area contributed by atoms with Gasteiger partial charge in [0.25, 0.3) is 0 Å². The molecule has 0 aliphatic heterocycles. The summed E-state index contributed by atoms with van der Waals surface area (Å²) in [4.78, 5) is 15.0. The number of aryl methyl sites for hydroxylation is 1. The molecule has 0 saturated carbocycles. The number of benzene rings is 1. The first-order chi connectivity index (χ1) is 9.08. The number of hydrogen-bond donors (Lipinski definition) is 2. The maximum atomic E-state index is 10.6. The molecular formula is C13H14N2O3S. The van der Waals surface area contributed by atoms with Gasteiger partial charge in [-0.25, -0.2) is 9.78 Å². The highest BCUT2D eigenvalue weighted by Crippen LogP contribution is 2.26. The summed E-state index contributed by atoms with van der Waals surface area (Å²) >= 11 is 1.36. The molecule has 1 aromatic carbocycles. The number of methoxy groups -OCH3 is 1. The van der Waals surface area contributed by atoms with Crippen molar-refractivity contribution < 1.29 is 14.6 Å². The average molecular weight is 278 g/mol. The smallest absolute Gasteiger partial charge is 0.409 e. The molecule has 6 heteroatoms. The summed E-state index contributed by atoms with van der Waals surface area (Å²) in [6, 6.07) is 7.73. The highest BCUT2D eigenvalue weighted by atomic mass is 32.1. The molecule has 1 aromatic heterocycles. The van der Waals surface area contributed by atoms with Gasteiger partial charge in [-0.15, -0.1) is 11.3 Å². The SMILES string of the molecule is COc1ccc(Cc2nc(C)c(NC(=O)O)s2)cc1. The maximum Gasteiger partial charge on any atom is 0.409 e. The number of carboxylic acid groups (broad SMARTS) is 1. The van der Waals surface area contributed by atoms with Gasteiger partial charge in [-0.1, -0.05) is 12.1 Å². The largest absolute Gasteiger partial charge is 0.497 e. The molecule has 0 bridgehead atoms. The molecule has 0 atom stereocenters. The number of ether oxygens (including phenoxy) is 1. The maximum absolute atomic E-state index is 10.6. The van der Waals surface area contributed by atoms with Crippen LogP contribution in [0, 0.1) is 6.92 Å². The first-order valence-electron chi connectivity index (χ1n) is 5.67. The predicted molar refractivity (Wildman–Crippen MR) is 74.3 cm³/mol.